The van der Waals surface area contributed by atoms with Gasteiger partial charge in [0.25, 0.3) is 12.3 Å². The molecule has 0 saturated heterocycles. The first-order valence-electron chi connectivity index (χ1n) is 9.79. The molecule has 10 heteroatoms. The van der Waals surface area contributed by atoms with Crippen molar-refractivity contribution in [2.24, 2.45) is 11.8 Å². The predicted octanol–water partition coefficient (Wildman–Crippen LogP) is 5.87. The molecule has 1 amide bonds. The van der Waals surface area contributed by atoms with Crippen LogP contribution in [-0.4, -0.2) is 20.7 Å². The molecule has 1 aliphatic rings. The van der Waals surface area contributed by atoms with Crippen LogP contribution in [0.3, 0.4) is 0 Å². The zero-order valence-electron chi connectivity index (χ0n) is 16.6. The van der Waals surface area contributed by atoms with E-state index in [-0.39, 0.29) is 11.7 Å². The van der Waals surface area contributed by atoms with Crippen LogP contribution in [0, 0.1) is 11.8 Å². The van der Waals surface area contributed by atoms with E-state index in [1.807, 2.05) is 0 Å². The van der Waals surface area contributed by atoms with Crippen molar-refractivity contribution in [2.75, 3.05) is 5.32 Å². The van der Waals surface area contributed by atoms with Crippen molar-refractivity contribution < 1.29 is 26.7 Å². The number of rotatable bonds is 5. The van der Waals surface area contributed by atoms with E-state index >= 15 is 0 Å². The molecule has 2 aromatic rings. The van der Waals surface area contributed by atoms with Gasteiger partial charge in [-0.1, -0.05) is 19.9 Å². The molecule has 30 heavy (non-hydrogen) atoms. The molecule has 0 spiro atoms. The number of halogens is 5. The van der Waals surface area contributed by atoms with Gasteiger partial charge in [0.1, 0.15) is 11.4 Å². The predicted molar refractivity (Wildman–Crippen MR) is 100 cm³/mol. The molecule has 3 rings (SSSR count). The Morgan fingerprint density at radius 2 is 1.83 bits per heavy atom. The Morgan fingerprint density at radius 1 is 1.17 bits per heavy atom. The first-order valence-corrected chi connectivity index (χ1v) is 9.79. The number of hydrogen-bond donors (Lipinski definition) is 1. The maximum Gasteiger partial charge on any atom is 0.433 e. The molecule has 1 saturated carbocycles. The molecule has 0 bridgehead atoms. The van der Waals surface area contributed by atoms with E-state index in [2.05, 4.69) is 29.2 Å². The van der Waals surface area contributed by atoms with Crippen molar-refractivity contribution in [1.29, 1.82) is 0 Å². The smallest absolute Gasteiger partial charge is 0.318 e. The molecule has 2 aromatic heterocycles. The second-order valence-electron chi connectivity index (χ2n) is 7.88. The van der Waals surface area contributed by atoms with Gasteiger partial charge in [0.2, 0.25) is 0 Å². The van der Waals surface area contributed by atoms with Crippen molar-refractivity contribution >= 4 is 11.6 Å². The van der Waals surface area contributed by atoms with Crippen LogP contribution in [-0.2, 0) is 6.18 Å². The third kappa shape index (κ3) is 4.96. The molecule has 0 unspecified atom stereocenters. The van der Waals surface area contributed by atoms with Gasteiger partial charge in [-0.05, 0) is 49.7 Å². The summed E-state index contributed by atoms with van der Waals surface area (Å²) in [5, 5.41) is 6.20. The third-order valence-corrected chi connectivity index (χ3v) is 5.55. The minimum atomic E-state index is -4.72. The number of aromatic nitrogens is 3. The summed E-state index contributed by atoms with van der Waals surface area (Å²) in [6.45, 7) is 4.31. The van der Waals surface area contributed by atoms with Gasteiger partial charge in [-0.25, -0.2) is 13.8 Å². The standard InChI is InChI=1S/C20H23F5N4O/c1-11(2)12-6-8-13(9-7-12)29-10-15(17(28-29)18(21)22)27-19(30)14-4-3-5-16(26-14)20(23,24)25/h3-5,10-13,18H,6-9H2,1-2H3,(H,27,30). The zero-order chi connectivity index (χ0) is 22.1. The van der Waals surface area contributed by atoms with Gasteiger partial charge >= 0.3 is 6.18 Å². The zero-order valence-corrected chi connectivity index (χ0v) is 16.6. The highest BCUT2D eigenvalue weighted by Gasteiger charge is 2.33. The monoisotopic (exact) mass is 430 g/mol. The summed E-state index contributed by atoms with van der Waals surface area (Å²) in [5.41, 5.74) is -2.58. The molecule has 0 radical (unpaired) electrons. The molecule has 1 N–H and O–H groups in total. The third-order valence-electron chi connectivity index (χ3n) is 5.55. The summed E-state index contributed by atoms with van der Waals surface area (Å²) < 4.78 is 66.8. The van der Waals surface area contributed by atoms with Crippen LogP contribution in [0.4, 0.5) is 27.6 Å². The fourth-order valence-electron chi connectivity index (χ4n) is 3.79. The SMILES string of the molecule is CC(C)C1CCC(n2cc(NC(=O)c3cccc(C(F)(F)F)n3)c(C(F)F)n2)CC1. The first kappa shape index (κ1) is 22.2. The molecular weight excluding hydrogens is 407 g/mol. The highest BCUT2D eigenvalue weighted by molar-refractivity contribution is 6.03. The minimum Gasteiger partial charge on any atom is -0.318 e. The maximum absolute atomic E-state index is 13.5. The van der Waals surface area contributed by atoms with Crippen LogP contribution in [0.25, 0.3) is 0 Å². The van der Waals surface area contributed by atoms with Crippen LogP contribution in [0.2, 0.25) is 0 Å². The molecule has 0 aromatic carbocycles. The van der Waals surface area contributed by atoms with E-state index in [4.69, 9.17) is 0 Å². The van der Waals surface area contributed by atoms with Crippen LogP contribution >= 0.6 is 0 Å². The average Bonchev–Trinajstić information content (AvgIpc) is 3.11. The Labute approximate surface area is 170 Å². The molecule has 0 aliphatic heterocycles. The Hall–Kier alpha value is -2.52. The Balaban J connectivity index is 1.78. The normalized spacial score (nSPS) is 20.0. The Kier molecular flexibility index (Phi) is 6.42. The molecule has 0 atom stereocenters. The molecular formula is C20H23F5N4O. The number of amides is 1. The number of anilines is 1. The summed E-state index contributed by atoms with van der Waals surface area (Å²) in [5.74, 6) is 0.124. The summed E-state index contributed by atoms with van der Waals surface area (Å²) in [6.07, 6.45) is -2.84. The molecule has 1 aliphatic carbocycles. The van der Waals surface area contributed by atoms with E-state index in [0.29, 0.717) is 11.8 Å². The van der Waals surface area contributed by atoms with Crippen molar-refractivity contribution in [3.05, 3.63) is 41.5 Å². The van der Waals surface area contributed by atoms with E-state index in [9.17, 15) is 26.7 Å². The van der Waals surface area contributed by atoms with Gasteiger partial charge in [0, 0.05) is 6.20 Å². The number of nitrogens with one attached hydrogen (secondary N) is 1. The Bertz CT molecular complexity index is 886. The summed E-state index contributed by atoms with van der Waals surface area (Å²) in [6, 6.07) is 2.79. The van der Waals surface area contributed by atoms with Crippen LogP contribution < -0.4 is 5.32 Å². The van der Waals surface area contributed by atoms with Crippen LogP contribution in [0.15, 0.2) is 24.4 Å². The lowest BCUT2D eigenvalue weighted by Crippen LogP contribution is -2.21. The number of hydrogen-bond acceptors (Lipinski definition) is 3. The number of nitrogens with zero attached hydrogens (tertiary/aromatic N) is 3. The summed E-state index contributed by atoms with van der Waals surface area (Å²) in [7, 11) is 0. The number of carbonyl (C=O) groups excluding carboxylic acids is 1. The van der Waals surface area contributed by atoms with Gasteiger partial charge in [-0.2, -0.15) is 18.3 Å². The van der Waals surface area contributed by atoms with E-state index in [1.54, 1.807) is 0 Å². The minimum absolute atomic E-state index is 0.0603. The van der Waals surface area contributed by atoms with Gasteiger partial charge in [-0.3, -0.25) is 9.48 Å². The quantitative estimate of drug-likeness (QED) is 0.603. The topological polar surface area (TPSA) is 59.8 Å². The molecule has 5 nitrogen and oxygen atoms in total. The highest BCUT2D eigenvalue weighted by Crippen LogP contribution is 2.37. The molecule has 2 heterocycles. The Morgan fingerprint density at radius 3 is 2.40 bits per heavy atom. The first-order chi connectivity index (χ1) is 14.1. The maximum atomic E-state index is 13.5. The number of alkyl halides is 5. The van der Waals surface area contributed by atoms with Crippen molar-refractivity contribution in [2.45, 2.75) is 58.2 Å². The second kappa shape index (κ2) is 8.69. The van der Waals surface area contributed by atoms with E-state index in [1.165, 1.54) is 10.9 Å². The number of pyridine rings is 1. The lowest BCUT2D eigenvalue weighted by Gasteiger charge is -2.30. The fraction of sp³-hybridized carbons (Fsp3) is 0.550. The highest BCUT2D eigenvalue weighted by atomic mass is 19.4. The van der Waals surface area contributed by atoms with Gasteiger partial charge in [-0.15, -0.1) is 0 Å². The fourth-order valence-corrected chi connectivity index (χ4v) is 3.79. The summed E-state index contributed by atoms with van der Waals surface area (Å²) in [4.78, 5) is 15.6. The largest absolute Gasteiger partial charge is 0.433 e. The lowest BCUT2D eigenvalue weighted by atomic mass is 9.80. The van der Waals surface area contributed by atoms with Crippen LogP contribution in [0.5, 0.6) is 0 Å². The molecule has 164 valence electrons. The van der Waals surface area contributed by atoms with E-state index < -0.39 is 35.6 Å². The average molecular weight is 430 g/mol. The van der Waals surface area contributed by atoms with Gasteiger partial charge in [0.05, 0.1) is 11.7 Å². The van der Waals surface area contributed by atoms with Crippen molar-refractivity contribution in [1.82, 2.24) is 14.8 Å². The van der Waals surface area contributed by atoms with Crippen LogP contribution in [0.1, 0.15) is 73.9 Å². The van der Waals surface area contributed by atoms with E-state index in [0.717, 1.165) is 43.9 Å². The molecule has 1 fully saturated rings. The second-order valence-corrected chi connectivity index (χ2v) is 7.88. The van der Waals surface area contributed by atoms with Gasteiger partial charge < -0.3 is 5.32 Å². The number of carbonyl (C=O) groups is 1. The van der Waals surface area contributed by atoms with Crippen molar-refractivity contribution in [3.63, 3.8) is 0 Å². The van der Waals surface area contributed by atoms with Crippen molar-refractivity contribution in [3.8, 4) is 0 Å². The summed E-state index contributed by atoms with van der Waals surface area (Å²) >= 11 is 0. The van der Waals surface area contributed by atoms with Gasteiger partial charge in [0.15, 0.2) is 5.69 Å². The lowest BCUT2D eigenvalue weighted by molar-refractivity contribution is -0.141.